The standard InChI is InChI=1S/C22H18ClFN2O2/c1-14-4-2-5-15(10-14)13-25-21(27)16-6-3-7-17(11-16)22(28)26-18-8-9-20(24)19(23)12-18/h2-12H,13H2,1H3,(H,25,27)(H,26,28). The van der Waals surface area contributed by atoms with Gasteiger partial charge in [-0.3, -0.25) is 9.59 Å². The van der Waals surface area contributed by atoms with Crippen molar-refractivity contribution in [1.82, 2.24) is 5.32 Å². The molecule has 0 heterocycles. The highest BCUT2D eigenvalue weighted by Gasteiger charge is 2.12. The maximum atomic E-state index is 13.2. The first kappa shape index (κ1) is 19.6. The number of anilines is 1. The van der Waals surface area contributed by atoms with E-state index in [1.807, 2.05) is 31.2 Å². The Morgan fingerprint density at radius 3 is 2.36 bits per heavy atom. The third-order valence-electron chi connectivity index (χ3n) is 4.10. The van der Waals surface area contributed by atoms with Gasteiger partial charge in [-0.15, -0.1) is 0 Å². The van der Waals surface area contributed by atoms with E-state index in [2.05, 4.69) is 10.6 Å². The van der Waals surface area contributed by atoms with Gasteiger partial charge in [-0.05, 0) is 48.9 Å². The summed E-state index contributed by atoms with van der Waals surface area (Å²) in [5, 5.41) is 5.40. The number of hydrogen-bond acceptors (Lipinski definition) is 2. The summed E-state index contributed by atoms with van der Waals surface area (Å²) < 4.78 is 13.2. The van der Waals surface area contributed by atoms with Gasteiger partial charge >= 0.3 is 0 Å². The zero-order valence-electron chi connectivity index (χ0n) is 15.1. The highest BCUT2D eigenvalue weighted by atomic mass is 35.5. The lowest BCUT2D eigenvalue weighted by molar-refractivity contribution is 0.0951. The summed E-state index contributed by atoms with van der Waals surface area (Å²) in [4.78, 5) is 24.8. The second kappa shape index (κ2) is 8.67. The molecule has 3 rings (SSSR count). The second-order valence-electron chi connectivity index (χ2n) is 6.34. The highest BCUT2D eigenvalue weighted by Crippen LogP contribution is 2.20. The summed E-state index contributed by atoms with van der Waals surface area (Å²) in [7, 11) is 0. The maximum Gasteiger partial charge on any atom is 0.255 e. The van der Waals surface area contributed by atoms with Gasteiger partial charge in [0.05, 0.1) is 5.02 Å². The lowest BCUT2D eigenvalue weighted by atomic mass is 10.1. The Morgan fingerprint density at radius 1 is 0.929 bits per heavy atom. The minimum atomic E-state index is -0.563. The molecule has 6 heteroatoms. The molecule has 28 heavy (non-hydrogen) atoms. The quantitative estimate of drug-likeness (QED) is 0.639. The molecule has 0 spiro atoms. The molecule has 3 aromatic carbocycles. The number of halogens is 2. The van der Waals surface area contributed by atoms with E-state index in [-0.39, 0.29) is 10.9 Å². The highest BCUT2D eigenvalue weighted by molar-refractivity contribution is 6.31. The summed E-state index contributed by atoms with van der Waals surface area (Å²) in [6.07, 6.45) is 0. The largest absolute Gasteiger partial charge is 0.348 e. The summed E-state index contributed by atoms with van der Waals surface area (Å²) in [6.45, 7) is 2.38. The van der Waals surface area contributed by atoms with E-state index in [0.29, 0.717) is 23.4 Å². The number of carbonyl (C=O) groups is 2. The van der Waals surface area contributed by atoms with E-state index in [1.165, 1.54) is 24.3 Å². The van der Waals surface area contributed by atoms with Crippen LogP contribution in [0.15, 0.2) is 66.7 Å². The van der Waals surface area contributed by atoms with Crippen molar-refractivity contribution >= 4 is 29.1 Å². The Morgan fingerprint density at radius 2 is 1.64 bits per heavy atom. The van der Waals surface area contributed by atoms with Crippen LogP contribution in [0.25, 0.3) is 0 Å². The monoisotopic (exact) mass is 396 g/mol. The first-order chi connectivity index (χ1) is 13.4. The van der Waals surface area contributed by atoms with Crippen LogP contribution in [-0.4, -0.2) is 11.8 Å². The predicted molar refractivity (Wildman–Crippen MR) is 108 cm³/mol. The molecule has 0 radical (unpaired) electrons. The molecule has 0 unspecified atom stereocenters. The van der Waals surface area contributed by atoms with Gasteiger partial charge in [-0.2, -0.15) is 0 Å². The first-order valence-corrected chi connectivity index (χ1v) is 9.00. The van der Waals surface area contributed by atoms with Crippen LogP contribution in [0.2, 0.25) is 5.02 Å². The fraction of sp³-hybridized carbons (Fsp3) is 0.0909. The Hall–Kier alpha value is -3.18. The van der Waals surface area contributed by atoms with Crippen LogP contribution in [0.5, 0.6) is 0 Å². The van der Waals surface area contributed by atoms with Crippen molar-refractivity contribution in [1.29, 1.82) is 0 Å². The molecule has 0 saturated heterocycles. The van der Waals surface area contributed by atoms with E-state index >= 15 is 0 Å². The molecule has 0 saturated carbocycles. The van der Waals surface area contributed by atoms with Gasteiger partial charge in [0.15, 0.2) is 0 Å². The van der Waals surface area contributed by atoms with Crippen molar-refractivity contribution in [3.8, 4) is 0 Å². The van der Waals surface area contributed by atoms with Gasteiger partial charge in [-0.1, -0.05) is 47.5 Å². The fourth-order valence-corrected chi connectivity index (χ4v) is 2.87. The minimum Gasteiger partial charge on any atom is -0.348 e. The molecule has 4 nitrogen and oxygen atoms in total. The third-order valence-corrected chi connectivity index (χ3v) is 4.39. The summed E-state index contributed by atoms with van der Waals surface area (Å²) in [5.41, 5.74) is 3.16. The van der Waals surface area contributed by atoms with Crippen LogP contribution < -0.4 is 10.6 Å². The van der Waals surface area contributed by atoms with Crippen molar-refractivity contribution in [2.75, 3.05) is 5.32 Å². The average molecular weight is 397 g/mol. The summed E-state index contributed by atoms with van der Waals surface area (Å²) in [5.74, 6) is -1.26. The summed E-state index contributed by atoms with van der Waals surface area (Å²) in [6, 6.07) is 18.1. The molecular weight excluding hydrogens is 379 g/mol. The number of amides is 2. The van der Waals surface area contributed by atoms with Crippen LogP contribution in [-0.2, 0) is 6.54 Å². The number of hydrogen-bond donors (Lipinski definition) is 2. The van der Waals surface area contributed by atoms with E-state index < -0.39 is 11.7 Å². The zero-order valence-corrected chi connectivity index (χ0v) is 15.9. The van der Waals surface area contributed by atoms with Crippen molar-refractivity contribution in [2.45, 2.75) is 13.5 Å². The molecule has 0 bridgehead atoms. The number of benzene rings is 3. The van der Waals surface area contributed by atoms with Gasteiger partial charge in [0.2, 0.25) is 0 Å². The molecular formula is C22H18ClFN2O2. The Balaban J connectivity index is 1.67. The van der Waals surface area contributed by atoms with E-state index in [4.69, 9.17) is 11.6 Å². The number of rotatable bonds is 5. The van der Waals surface area contributed by atoms with Gasteiger partial charge < -0.3 is 10.6 Å². The van der Waals surface area contributed by atoms with Crippen LogP contribution in [0.4, 0.5) is 10.1 Å². The smallest absolute Gasteiger partial charge is 0.255 e. The van der Waals surface area contributed by atoms with Gasteiger partial charge in [0.25, 0.3) is 11.8 Å². The van der Waals surface area contributed by atoms with E-state index in [1.54, 1.807) is 18.2 Å². The molecule has 0 aliphatic carbocycles. The lowest BCUT2D eigenvalue weighted by Gasteiger charge is -2.09. The molecule has 142 valence electrons. The third kappa shape index (κ3) is 4.96. The van der Waals surface area contributed by atoms with Crippen LogP contribution in [0.1, 0.15) is 31.8 Å². The van der Waals surface area contributed by atoms with E-state index in [9.17, 15) is 14.0 Å². The Labute approximate surface area is 167 Å². The van der Waals surface area contributed by atoms with Crippen molar-refractivity contribution in [3.63, 3.8) is 0 Å². The normalized spacial score (nSPS) is 10.4. The van der Waals surface area contributed by atoms with Crippen molar-refractivity contribution < 1.29 is 14.0 Å². The Kier molecular flexibility index (Phi) is 6.06. The number of aryl methyl sites for hydroxylation is 1. The molecule has 0 aromatic heterocycles. The van der Waals surface area contributed by atoms with Crippen LogP contribution in [0, 0.1) is 12.7 Å². The van der Waals surface area contributed by atoms with Crippen LogP contribution >= 0.6 is 11.6 Å². The number of carbonyl (C=O) groups excluding carboxylic acids is 2. The molecule has 2 N–H and O–H groups in total. The van der Waals surface area contributed by atoms with Crippen molar-refractivity contribution in [3.05, 3.63) is 99.8 Å². The first-order valence-electron chi connectivity index (χ1n) is 8.62. The molecule has 0 aliphatic heterocycles. The molecule has 0 aliphatic rings. The zero-order chi connectivity index (χ0) is 20.1. The second-order valence-corrected chi connectivity index (χ2v) is 6.74. The summed E-state index contributed by atoms with van der Waals surface area (Å²) >= 11 is 5.73. The lowest BCUT2D eigenvalue weighted by Crippen LogP contribution is -2.23. The van der Waals surface area contributed by atoms with E-state index in [0.717, 1.165) is 11.1 Å². The molecule has 3 aromatic rings. The topological polar surface area (TPSA) is 58.2 Å². The minimum absolute atomic E-state index is 0.0814. The van der Waals surface area contributed by atoms with Gasteiger partial charge in [-0.25, -0.2) is 4.39 Å². The van der Waals surface area contributed by atoms with Crippen LogP contribution in [0.3, 0.4) is 0 Å². The molecule has 0 atom stereocenters. The Bertz CT molecular complexity index is 1040. The fourth-order valence-electron chi connectivity index (χ4n) is 2.69. The van der Waals surface area contributed by atoms with Crippen molar-refractivity contribution in [2.24, 2.45) is 0 Å². The number of nitrogens with one attached hydrogen (secondary N) is 2. The average Bonchev–Trinajstić information content (AvgIpc) is 2.69. The molecule has 0 fully saturated rings. The molecule has 2 amide bonds. The van der Waals surface area contributed by atoms with Gasteiger partial charge in [0.1, 0.15) is 5.82 Å². The predicted octanol–water partition coefficient (Wildman–Crippen LogP) is 4.97. The maximum absolute atomic E-state index is 13.2. The van der Waals surface area contributed by atoms with Gasteiger partial charge in [0, 0.05) is 23.4 Å². The SMILES string of the molecule is Cc1cccc(CNC(=O)c2cccc(C(=O)Nc3ccc(F)c(Cl)c3)c2)c1.